The van der Waals surface area contributed by atoms with Crippen LogP contribution in [-0.2, 0) is 13.0 Å². The van der Waals surface area contributed by atoms with E-state index >= 15 is 0 Å². The molecule has 0 aliphatic rings. The fourth-order valence-electron chi connectivity index (χ4n) is 2.70. The van der Waals surface area contributed by atoms with Crippen molar-refractivity contribution in [2.45, 2.75) is 19.9 Å². The molecule has 4 heteroatoms. The molecule has 1 heterocycles. The van der Waals surface area contributed by atoms with Gasteiger partial charge in [0.1, 0.15) is 31.0 Å². The lowest BCUT2D eigenvalue weighted by molar-refractivity contribution is -0.671. The minimum atomic E-state index is -0.292. The number of aryl methyl sites for hydroxylation is 1. The van der Waals surface area contributed by atoms with Crippen LogP contribution < -0.4 is 15.7 Å². The number of rotatable bonds is 7. The summed E-state index contributed by atoms with van der Waals surface area (Å²) in [5.41, 5.74) is 2.55. The van der Waals surface area contributed by atoms with Crippen molar-refractivity contribution in [2.24, 2.45) is 0 Å². The van der Waals surface area contributed by atoms with Crippen LogP contribution in [0.3, 0.4) is 0 Å². The standard InChI is InChI=1S/C20H21NO3/c1-2-15-8-9-18-16(13-20(22)24-19(18)12-15)14-21-10-11-23-17-6-4-3-5-7-17/h3-9,12-13,21H,2,10-11,14H2,1H3/p+1. The van der Waals surface area contributed by atoms with E-state index in [1.54, 1.807) is 6.07 Å². The van der Waals surface area contributed by atoms with Gasteiger partial charge in [-0.05, 0) is 30.2 Å². The summed E-state index contributed by atoms with van der Waals surface area (Å²) < 4.78 is 11.0. The van der Waals surface area contributed by atoms with E-state index in [1.165, 1.54) is 5.56 Å². The van der Waals surface area contributed by atoms with Gasteiger partial charge in [-0.25, -0.2) is 4.79 Å². The summed E-state index contributed by atoms with van der Waals surface area (Å²) in [5, 5.41) is 3.15. The Morgan fingerprint density at radius 1 is 1.08 bits per heavy atom. The zero-order valence-corrected chi connectivity index (χ0v) is 13.8. The van der Waals surface area contributed by atoms with E-state index in [2.05, 4.69) is 18.3 Å². The molecule has 0 aliphatic heterocycles. The molecule has 0 fully saturated rings. The molecule has 0 saturated heterocycles. The maximum absolute atomic E-state index is 11.8. The van der Waals surface area contributed by atoms with Gasteiger partial charge in [0, 0.05) is 17.0 Å². The lowest BCUT2D eigenvalue weighted by Gasteiger charge is -2.07. The van der Waals surface area contributed by atoms with Gasteiger partial charge in [-0.15, -0.1) is 0 Å². The van der Waals surface area contributed by atoms with Crippen LogP contribution in [0.25, 0.3) is 11.0 Å². The molecule has 0 radical (unpaired) electrons. The lowest BCUT2D eigenvalue weighted by atomic mass is 10.1. The molecule has 3 aromatic rings. The van der Waals surface area contributed by atoms with Gasteiger partial charge >= 0.3 is 5.63 Å². The maximum atomic E-state index is 11.8. The molecule has 4 nitrogen and oxygen atoms in total. The molecule has 0 saturated carbocycles. The number of quaternary nitrogens is 1. The van der Waals surface area contributed by atoms with E-state index in [-0.39, 0.29) is 5.63 Å². The van der Waals surface area contributed by atoms with Gasteiger partial charge in [0.05, 0.1) is 0 Å². The second-order valence-corrected chi connectivity index (χ2v) is 5.72. The monoisotopic (exact) mass is 324 g/mol. The molecule has 0 aliphatic carbocycles. The van der Waals surface area contributed by atoms with E-state index in [9.17, 15) is 4.79 Å². The van der Waals surface area contributed by atoms with E-state index in [1.807, 2.05) is 42.5 Å². The molecule has 2 aromatic carbocycles. The summed E-state index contributed by atoms with van der Waals surface area (Å²) in [4.78, 5) is 11.8. The summed E-state index contributed by atoms with van der Waals surface area (Å²) in [7, 11) is 0. The number of hydrogen-bond acceptors (Lipinski definition) is 3. The van der Waals surface area contributed by atoms with Crippen LogP contribution >= 0.6 is 0 Å². The van der Waals surface area contributed by atoms with Crippen LogP contribution in [0.4, 0.5) is 0 Å². The highest BCUT2D eigenvalue weighted by Crippen LogP contribution is 2.18. The van der Waals surface area contributed by atoms with Gasteiger partial charge in [-0.2, -0.15) is 0 Å². The largest absolute Gasteiger partial charge is 0.488 e. The van der Waals surface area contributed by atoms with Crippen LogP contribution in [0.1, 0.15) is 18.1 Å². The predicted molar refractivity (Wildman–Crippen MR) is 94.3 cm³/mol. The normalized spacial score (nSPS) is 10.9. The SMILES string of the molecule is CCc1ccc2c(C[NH2+]CCOc3ccccc3)cc(=O)oc2c1. The molecular formula is C20H22NO3+. The molecular weight excluding hydrogens is 302 g/mol. The van der Waals surface area contributed by atoms with Crippen molar-refractivity contribution >= 4 is 11.0 Å². The van der Waals surface area contributed by atoms with Gasteiger partial charge < -0.3 is 14.5 Å². The molecule has 0 spiro atoms. The topological polar surface area (TPSA) is 56.0 Å². The Morgan fingerprint density at radius 2 is 1.92 bits per heavy atom. The quantitative estimate of drug-likeness (QED) is 0.537. The van der Waals surface area contributed by atoms with Crippen molar-refractivity contribution in [1.29, 1.82) is 0 Å². The smallest absolute Gasteiger partial charge is 0.336 e. The Labute approximate surface area is 141 Å². The van der Waals surface area contributed by atoms with Crippen molar-refractivity contribution in [3.63, 3.8) is 0 Å². The van der Waals surface area contributed by atoms with Gasteiger partial charge in [0.25, 0.3) is 0 Å². The Kier molecular flexibility index (Phi) is 5.29. The van der Waals surface area contributed by atoms with Gasteiger partial charge in [-0.3, -0.25) is 0 Å². The summed E-state index contributed by atoms with van der Waals surface area (Å²) >= 11 is 0. The van der Waals surface area contributed by atoms with Crippen molar-refractivity contribution in [2.75, 3.05) is 13.2 Å². The van der Waals surface area contributed by atoms with Crippen molar-refractivity contribution in [3.05, 3.63) is 76.1 Å². The number of nitrogens with two attached hydrogens (primary N) is 1. The second-order valence-electron chi connectivity index (χ2n) is 5.72. The predicted octanol–water partition coefficient (Wildman–Crippen LogP) is 2.50. The van der Waals surface area contributed by atoms with Crippen LogP contribution in [0.2, 0.25) is 0 Å². The molecule has 124 valence electrons. The lowest BCUT2D eigenvalue weighted by Crippen LogP contribution is -2.83. The number of fused-ring (bicyclic) bond motifs is 1. The third kappa shape index (κ3) is 4.03. The first-order valence-electron chi connectivity index (χ1n) is 8.31. The van der Waals surface area contributed by atoms with Crippen molar-refractivity contribution in [3.8, 4) is 5.75 Å². The third-order valence-electron chi connectivity index (χ3n) is 4.00. The highest BCUT2D eigenvalue weighted by Gasteiger charge is 2.08. The molecule has 0 unspecified atom stereocenters. The first kappa shape index (κ1) is 16.3. The van der Waals surface area contributed by atoms with Crippen molar-refractivity contribution in [1.82, 2.24) is 0 Å². The number of hydrogen-bond donors (Lipinski definition) is 1. The minimum Gasteiger partial charge on any atom is -0.488 e. The number of benzene rings is 2. The molecule has 3 rings (SSSR count). The minimum absolute atomic E-state index is 0.292. The second kappa shape index (κ2) is 7.79. The molecule has 2 N–H and O–H groups in total. The van der Waals surface area contributed by atoms with Gasteiger partial charge in [0.15, 0.2) is 0 Å². The van der Waals surface area contributed by atoms with E-state index < -0.39 is 0 Å². The summed E-state index contributed by atoms with van der Waals surface area (Å²) in [6.45, 7) is 4.27. The Balaban J connectivity index is 1.61. The third-order valence-corrected chi connectivity index (χ3v) is 4.00. The number of para-hydroxylation sites is 1. The zero-order chi connectivity index (χ0) is 16.8. The molecule has 0 amide bonds. The molecule has 0 atom stereocenters. The Hall–Kier alpha value is -2.59. The van der Waals surface area contributed by atoms with Crippen LogP contribution in [0, 0.1) is 0 Å². The highest BCUT2D eigenvalue weighted by atomic mass is 16.5. The van der Waals surface area contributed by atoms with E-state index in [0.29, 0.717) is 12.2 Å². The van der Waals surface area contributed by atoms with Gasteiger partial charge in [0.2, 0.25) is 0 Å². The molecule has 1 aromatic heterocycles. The molecule has 24 heavy (non-hydrogen) atoms. The van der Waals surface area contributed by atoms with E-state index in [4.69, 9.17) is 9.15 Å². The maximum Gasteiger partial charge on any atom is 0.336 e. The first-order valence-corrected chi connectivity index (χ1v) is 8.31. The van der Waals surface area contributed by atoms with Crippen molar-refractivity contribution < 1.29 is 14.5 Å². The summed E-state index contributed by atoms with van der Waals surface area (Å²) in [5.74, 6) is 0.879. The summed E-state index contributed by atoms with van der Waals surface area (Å²) in [6.07, 6.45) is 0.923. The highest BCUT2D eigenvalue weighted by molar-refractivity contribution is 5.80. The number of ether oxygens (including phenoxy) is 1. The Morgan fingerprint density at radius 3 is 2.71 bits per heavy atom. The van der Waals surface area contributed by atoms with Crippen LogP contribution in [-0.4, -0.2) is 13.2 Å². The fourth-order valence-corrected chi connectivity index (χ4v) is 2.70. The Bertz CT molecular complexity index is 856. The zero-order valence-electron chi connectivity index (χ0n) is 13.8. The average molecular weight is 324 g/mol. The van der Waals surface area contributed by atoms with Crippen LogP contribution in [0.5, 0.6) is 5.75 Å². The van der Waals surface area contributed by atoms with Gasteiger partial charge in [-0.1, -0.05) is 37.3 Å². The average Bonchev–Trinajstić information content (AvgIpc) is 2.61. The fraction of sp³-hybridized carbons (Fsp3) is 0.250. The summed E-state index contributed by atoms with van der Waals surface area (Å²) in [6, 6.07) is 17.4. The van der Waals surface area contributed by atoms with E-state index in [0.717, 1.165) is 36.2 Å². The molecule has 0 bridgehead atoms. The van der Waals surface area contributed by atoms with Crippen LogP contribution in [0.15, 0.2) is 63.8 Å². The first-order chi connectivity index (χ1) is 11.8.